The highest BCUT2D eigenvalue weighted by molar-refractivity contribution is 6.00. The van der Waals surface area contributed by atoms with Gasteiger partial charge in [-0.2, -0.15) is 13.2 Å². The third-order valence-electron chi connectivity index (χ3n) is 6.65. The van der Waals surface area contributed by atoms with Crippen LogP contribution in [0.4, 0.5) is 19.0 Å². The number of anilines is 1. The average molecular weight is 442 g/mol. The lowest BCUT2D eigenvalue weighted by atomic mass is 9.89. The summed E-state index contributed by atoms with van der Waals surface area (Å²) in [6.07, 6.45) is 1.54. The Bertz CT molecular complexity index is 1130. The van der Waals surface area contributed by atoms with Gasteiger partial charge >= 0.3 is 6.18 Å². The molecule has 8 heteroatoms. The normalized spacial score (nSPS) is 20.3. The van der Waals surface area contributed by atoms with Crippen LogP contribution in [0.1, 0.15) is 37.7 Å². The Morgan fingerprint density at radius 1 is 0.969 bits per heavy atom. The van der Waals surface area contributed by atoms with Crippen LogP contribution in [0.15, 0.2) is 42.5 Å². The third kappa shape index (κ3) is 3.99. The van der Waals surface area contributed by atoms with Crippen molar-refractivity contribution in [1.82, 2.24) is 15.1 Å². The number of rotatable bonds is 4. The zero-order chi connectivity index (χ0) is 22.3. The number of nitrogens with one attached hydrogen (secondary N) is 1. The molecular formula is C24H25F3N4O. The molecule has 2 fully saturated rings. The van der Waals surface area contributed by atoms with Gasteiger partial charge in [-0.05, 0) is 50.4 Å². The van der Waals surface area contributed by atoms with Crippen molar-refractivity contribution in [3.63, 3.8) is 0 Å². The minimum Gasteiger partial charge on any atom is -0.507 e. The van der Waals surface area contributed by atoms with E-state index >= 15 is 0 Å². The van der Waals surface area contributed by atoms with Crippen LogP contribution in [0.5, 0.6) is 5.75 Å². The fourth-order valence-electron chi connectivity index (χ4n) is 4.72. The van der Waals surface area contributed by atoms with Gasteiger partial charge in [-0.1, -0.05) is 30.7 Å². The molecule has 5 rings (SSSR count). The fraction of sp³-hybridized carbons (Fsp3) is 0.417. The average Bonchev–Trinajstić information content (AvgIpc) is 2.73. The summed E-state index contributed by atoms with van der Waals surface area (Å²) < 4.78 is 39.0. The predicted molar refractivity (Wildman–Crippen MR) is 117 cm³/mol. The standard InChI is InChI=1S/C24H25F3N4O/c25-24(26,27)15-10-11-20(21(32)13-15)22-18-8-1-2-9-19(18)23(30-29-22)28-16-5-4-12-31(14-16)17-6-3-7-17/h1-2,8-11,13,16-17,32H,3-7,12,14H2,(H,28,30). The minimum atomic E-state index is -4.52. The van der Waals surface area contributed by atoms with E-state index < -0.39 is 17.5 Å². The maximum Gasteiger partial charge on any atom is 0.416 e. The molecule has 2 aromatic carbocycles. The lowest BCUT2D eigenvalue weighted by Crippen LogP contribution is -2.49. The Hall–Kier alpha value is -2.87. The number of hydrogen-bond acceptors (Lipinski definition) is 5. The Kier molecular flexibility index (Phi) is 5.41. The molecule has 1 aromatic heterocycles. The lowest BCUT2D eigenvalue weighted by molar-refractivity contribution is -0.137. The third-order valence-corrected chi connectivity index (χ3v) is 6.65. The fourth-order valence-corrected chi connectivity index (χ4v) is 4.72. The smallest absolute Gasteiger partial charge is 0.416 e. The molecule has 2 aliphatic rings. The molecule has 0 amide bonds. The molecule has 5 nitrogen and oxygen atoms in total. The van der Waals surface area contributed by atoms with Gasteiger partial charge in [0.05, 0.1) is 5.56 Å². The van der Waals surface area contributed by atoms with Gasteiger partial charge in [0.15, 0.2) is 5.82 Å². The summed E-state index contributed by atoms with van der Waals surface area (Å²) in [7, 11) is 0. The van der Waals surface area contributed by atoms with Gasteiger partial charge in [0.25, 0.3) is 0 Å². The number of piperidine rings is 1. The number of alkyl halides is 3. The van der Waals surface area contributed by atoms with Crippen LogP contribution >= 0.6 is 0 Å². The van der Waals surface area contributed by atoms with Gasteiger partial charge in [-0.3, -0.25) is 4.90 Å². The predicted octanol–water partition coefficient (Wildman–Crippen LogP) is 5.45. The van der Waals surface area contributed by atoms with Crippen LogP contribution in [0.25, 0.3) is 22.0 Å². The van der Waals surface area contributed by atoms with Crippen LogP contribution in [0, 0.1) is 0 Å². The summed E-state index contributed by atoms with van der Waals surface area (Å²) in [4.78, 5) is 2.56. The highest BCUT2D eigenvalue weighted by Crippen LogP contribution is 2.39. The maximum atomic E-state index is 13.0. The molecular weight excluding hydrogens is 417 g/mol. The quantitative estimate of drug-likeness (QED) is 0.563. The molecule has 1 aliphatic heterocycles. The van der Waals surface area contributed by atoms with Crippen molar-refractivity contribution in [1.29, 1.82) is 0 Å². The Morgan fingerprint density at radius 3 is 2.44 bits per heavy atom. The first-order chi connectivity index (χ1) is 15.4. The Labute approximate surface area is 184 Å². The van der Waals surface area contributed by atoms with Crippen molar-refractivity contribution in [3.8, 4) is 17.0 Å². The van der Waals surface area contributed by atoms with Gasteiger partial charge in [-0.15, -0.1) is 10.2 Å². The minimum absolute atomic E-state index is 0.224. The molecule has 1 atom stereocenters. The van der Waals surface area contributed by atoms with Crippen molar-refractivity contribution in [2.24, 2.45) is 0 Å². The number of halogens is 3. The van der Waals surface area contributed by atoms with E-state index in [0.717, 1.165) is 48.8 Å². The van der Waals surface area contributed by atoms with Gasteiger partial charge in [0.2, 0.25) is 0 Å². The largest absolute Gasteiger partial charge is 0.507 e. The van der Waals surface area contributed by atoms with E-state index in [1.54, 1.807) is 0 Å². The SMILES string of the molecule is Oc1cc(C(F)(F)F)ccc1-c1nnc(NC2CCCN(C3CCC3)C2)c2ccccc12. The van der Waals surface area contributed by atoms with E-state index in [9.17, 15) is 18.3 Å². The molecule has 1 aliphatic carbocycles. The van der Waals surface area contributed by atoms with Gasteiger partial charge < -0.3 is 10.4 Å². The van der Waals surface area contributed by atoms with Gasteiger partial charge in [0, 0.05) is 35.0 Å². The lowest BCUT2D eigenvalue weighted by Gasteiger charge is -2.42. The highest BCUT2D eigenvalue weighted by atomic mass is 19.4. The monoisotopic (exact) mass is 442 g/mol. The number of aromatic hydroxyl groups is 1. The zero-order valence-electron chi connectivity index (χ0n) is 17.6. The second-order valence-corrected chi connectivity index (χ2v) is 8.74. The first-order valence-corrected chi connectivity index (χ1v) is 11.1. The zero-order valence-corrected chi connectivity index (χ0v) is 17.6. The maximum absolute atomic E-state index is 13.0. The molecule has 2 N–H and O–H groups in total. The summed E-state index contributed by atoms with van der Waals surface area (Å²) in [6.45, 7) is 2.11. The summed E-state index contributed by atoms with van der Waals surface area (Å²) in [5.41, 5.74) is -0.318. The molecule has 168 valence electrons. The van der Waals surface area contributed by atoms with E-state index in [4.69, 9.17) is 0 Å². The molecule has 0 bridgehead atoms. The molecule has 1 unspecified atom stereocenters. The molecule has 1 saturated heterocycles. The first-order valence-electron chi connectivity index (χ1n) is 11.1. The second-order valence-electron chi connectivity index (χ2n) is 8.74. The highest BCUT2D eigenvalue weighted by Gasteiger charge is 2.32. The first kappa shape index (κ1) is 21.0. The van der Waals surface area contributed by atoms with Crippen molar-refractivity contribution in [2.75, 3.05) is 18.4 Å². The molecule has 0 radical (unpaired) electrons. The van der Waals surface area contributed by atoms with E-state index in [1.165, 1.54) is 25.3 Å². The van der Waals surface area contributed by atoms with Crippen molar-refractivity contribution in [3.05, 3.63) is 48.0 Å². The van der Waals surface area contributed by atoms with Crippen LogP contribution in [-0.4, -0.2) is 45.4 Å². The molecule has 0 spiro atoms. The number of hydrogen-bond donors (Lipinski definition) is 2. The Balaban J connectivity index is 1.46. The van der Waals surface area contributed by atoms with Crippen molar-refractivity contribution in [2.45, 2.75) is 50.4 Å². The second kappa shape index (κ2) is 8.24. The molecule has 3 aromatic rings. The summed E-state index contributed by atoms with van der Waals surface area (Å²) >= 11 is 0. The van der Waals surface area contributed by atoms with Crippen molar-refractivity contribution < 1.29 is 18.3 Å². The van der Waals surface area contributed by atoms with Crippen LogP contribution in [0.2, 0.25) is 0 Å². The van der Waals surface area contributed by atoms with Crippen LogP contribution in [0.3, 0.4) is 0 Å². The van der Waals surface area contributed by atoms with E-state index in [1.807, 2.05) is 24.3 Å². The van der Waals surface area contributed by atoms with Crippen molar-refractivity contribution >= 4 is 16.6 Å². The number of phenols is 1. The van der Waals surface area contributed by atoms with Crippen LogP contribution < -0.4 is 5.32 Å². The number of nitrogens with zero attached hydrogens (tertiary/aromatic N) is 3. The number of likely N-dealkylation sites (tertiary alicyclic amines) is 1. The van der Waals surface area contributed by atoms with Gasteiger partial charge in [0.1, 0.15) is 11.4 Å². The van der Waals surface area contributed by atoms with E-state index in [-0.39, 0.29) is 11.6 Å². The topological polar surface area (TPSA) is 61.3 Å². The number of fused-ring (bicyclic) bond motifs is 1. The molecule has 32 heavy (non-hydrogen) atoms. The van der Waals surface area contributed by atoms with E-state index in [0.29, 0.717) is 17.6 Å². The Morgan fingerprint density at radius 2 is 1.75 bits per heavy atom. The molecule has 2 heterocycles. The van der Waals surface area contributed by atoms with Crippen LogP contribution in [-0.2, 0) is 6.18 Å². The number of phenolic OH excluding ortho intramolecular Hbond substituents is 1. The number of aromatic nitrogens is 2. The molecule has 1 saturated carbocycles. The number of benzene rings is 2. The van der Waals surface area contributed by atoms with Gasteiger partial charge in [-0.25, -0.2) is 0 Å². The summed E-state index contributed by atoms with van der Waals surface area (Å²) in [5.74, 6) is 0.194. The summed E-state index contributed by atoms with van der Waals surface area (Å²) in [6, 6.07) is 11.4. The summed E-state index contributed by atoms with van der Waals surface area (Å²) in [5, 5.41) is 24.1. The van der Waals surface area contributed by atoms with E-state index in [2.05, 4.69) is 20.4 Å².